The summed E-state index contributed by atoms with van der Waals surface area (Å²) >= 11 is 0. The Morgan fingerprint density at radius 2 is 0.597 bits per heavy atom. The number of hydrogen-bond acceptors (Lipinski definition) is 2. The molecule has 2 aromatic carbocycles. The number of aromatic nitrogens is 6. The van der Waals surface area contributed by atoms with Crippen LogP contribution in [-0.2, 0) is 31.2 Å². The molecule has 7 aromatic rings. The fourth-order valence-corrected chi connectivity index (χ4v) is 7.32. The molecule has 2 aliphatic heterocycles. The van der Waals surface area contributed by atoms with Crippen LogP contribution in [-0.4, -0.2) is 19.9 Å². The second-order valence-electron chi connectivity index (χ2n) is 13.9. The standard InChI is InChI=1S/C44H23F10N6.ClH.Mn/c1-59-15-11-19(12-16-59)29-21-3-7-25(55-21)31(33-35(45)39(49)43(53)40(50)36(33)46)27-9-5-23(57-27)30(20-13-17-60(2)18-14-20)24-6-10-28(58-24)32(26-8-4-22(29)56-26)34-37(47)41(51)44(54)42(52)38(34)48;;/h3-18H,1-2H3,(H,55,56,57,58);1H;/q+1;;+3. The van der Waals surface area contributed by atoms with Gasteiger partial charge in [-0.3, -0.25) is 0 Å². The second-order valence-corrected chi connectivity index (χ2v) is 13.9. The minimum Gasteiger partial charge on any atom is -1.00 e. The van der Waals surface area contributed by atoms with Gasteiger partial charge in [0.1, 0.15) is 14.1 Å². The quantitative estimate of drug-likeness (QED) is 0.0638. The minimum atomic E-state index is -2.35. The molecule has 0 atom stereocenters. The van der Waals surface area contributed by atoms with Gasteiger partial charge in [-0.1, -0.05) is 0 Å². The zero-order chi connectivity index (χ0) is 42.3. The van der Waals surface area contributed by atoms with E-state index in [0.717, 1.165) is 0 Å². The van der Waals surface area contributed by atoms with E-state index in [1.807, 2.05) is 0 Å². The predicted octanol–water partition coefficient (Wildman–Crippen LogP) is 7.37. The summed E-state index contributed by atoms with van der Waals surface area (Å²) in [6.45, 7) is 0. The average Bonchev–Trinajstić information content (AvgIpc) is 4.09. The molecule has 0 amide bonds. The van der Waals surface area contributed by atoms with E-state index >= 15 is 17.6 Å². The van der Waals surface area contributed by atoms with Crippen LogP contribution in [0.5, 0.6) is 0 Å². The summed E-state index contributed by atoms with van der Waals surface area (Å²) in [7, 11) is 3.48. The number of rotatable bonds is 4. The molecular formula is C44H24ClF10MnN6+4. The van der Waals surface area contributed by atoms with E-state index in [2.05, 4.69) is 19.9 Å². The van der Waals surface area contributed by atoms with E-state index in [9.17, 15) is 26.3 Å². The van der Waals surface area contributed by atoms with Gasteiger partial charge in [0.2, 0.25) is 11.6 Å². The predicted molar refractivity (Wildman–Crippen MR) is 203 cm³/mol. The van der Waals surface area contributed by atoms with E-state index in [0.29, 0.717) is 11.1 Å². The number of H-pyrrole nitrogens is 2. The molecule has 7 heterocycles. The Morgan fingerprint density at radius 3 is 0.887 bits per heavy atom. The maximum atomic E-state index is 15.8. The third-order valence-corrected chi connectivity index (χ3v) is 10.2. The first-order valence-corrected chi connectivity index (χ1v) is 17.8. The maximum absolute atomic E-state index is 15.8. The molecule has 0 fully saturated rings. The Bertz CT molecular complexity index is 2960. The van der Waals surface area contributed by atoms with Crippen LogP contribution in [0.1, 0.15) is 22.8 Å². The van der Waals surface area contributed by atoms with E-state index in [-0.39, 0.29) is 85.4 Å². The maximum Gasteiger partial charge on any atom is 3.00 e. The molecule has 6 nitrogen and oxygen atoms in total. The molecule has 0 saturated carbocycles. The summed E-state index contributed by atoms with van der Waals surface area (Å²) in [5, 5.41) is 0. The van der Waals surface area contributed by atoms with E-state index < -0.39 is 80.4 Å². The molecule has 18 heteroatoms. The van der Waals surface area contributed by atoms with Gasteiger partial charge >= 0.3 is 17.1 Å². The smallest absolute Gasteiger partial charge is 1.00 e. The van der Waals surface area contributed by atoms with Crippen LogP contribution in [0, 0.1) is 58.2 Å². The third-order valence-electron chi connectivity index (χ3n) is 10.2. The van der Waals surface area contributed by atoms with E-state index in [1.54, 1.807) is 72.3 Å². The molecule has 310 valence electrons. The summed E-state index contributed by atoms with van der Waals surface area (Å²) in [4.78, 5) is 15.4. The molecule has 0 aliphatic carbocycles. The molecule has 2 N–H and O–H groups in total. The molecule has 9 rings (SSSR count). The normalized spacial score (nSPS) is 11.8. The topological polar surface area (TPSA) is 65.1 Å². The minimum absolute atomic E-state index is 0. The first-order valence-electron chi connectivity index (χ1n) is 17.8. The number of aromatic amines is 2. The van der Waals surface area contributed by atoms with Gasteiger partial charge in [0, 0.05) is 68.6 Å². The Kier molecular flexibility index (Phi) is 11.5. The van der Waals surface area contributed by atoms with Crippen molar-refractivity contribution in [2.75, 3.05) is 0 Å². The molecule has 2 aliphatic rings. The summed E-state index contributed by atoms with van der Waals surface area (Å²) < 4.78 is 155. The van der Waals surface area contributed by atoms with E-state index in [1.165, 1.54) is 48.6 Å². The summed E-state index contributed by atoms with van der Waals surface area (Å²) in [6.07, 6.45) is 12.2. The fraction of sp³-hybridized carbons (Fsp3) is 0.0455. The van der Waals surface area contributed by atoms with Crippen molar-refractivity contribution in [3.05, 3.63) is 154 Å². The molecule has 8 bridgehead atoms. The zero-order valence-electron chi connectivity index (χ0n) is 31.6. The number of nitrogens with zero attached hydrogens (tertiary/aromatic N) is 4. The van der Waals surface area contributed by atoms with Gasteiger partial charge in [-0.15, -0.1) is 0 Å². The zero-order valence-corrected chi connectivity index (χ0v) is 33.5. The molecular weight excluding hydrogens is 893 g/mol. The van der Waals surface area contributed by atoms with Crippen molar-refractivity contribution in [1.29, 1.82) is 0 Å². The molecule has 62 heavy (non-hydrogen) atoms. The SMILES string of the molecule is C[n+]1ccc(-c2c3nc(c(-c4c(F)c(F)c(F)c(F)c4F)c4ccc([nH]4)c(-c4cc[n+](C)cc4)c4nc(c(-c5c(F)c(F)c(F)c(F)c5F)c5ccc2[nH]5)C=C4)C=C3)cc1.[Cl-].[Mn+3]. The Labute approximate surface area is 360 Å². The van der Waals surface area contributed by atoms with Crippen molar-refractivity contribution in [3.63, 3.8) is 0 Å². The number of pyridine rings is 2. The van der Waals surface area contributed by atoms with E-state index in [4.69, 9.17) is 0 Å². The van der Waals surface area contributed by atoms with Crippen molar-refractivity contribution in [1.82, 2.24) is 19.9 Å². The Hall–Kier alpha value is -6.55. The fourth-order valence-electron chi connectivity index (χ4n) is 7.32. The van der Waals surface area contributed by atoms with Crippen LogP contribution in [0.4, 0.5) is 43.9 Å². The Balaban J connectivity index is 0.00000289. The van der Waals surface area contributed by atoms with Crippen LogP contribution < -0.4 is 21.5 Å². The van der Waals surface area contributed by atoms with Gasteiger partial charge in [0.15, 0.2) is 71.3 Å². The van der Waals surface area contributed by atoms with Crippen LogP contribution >= 0.6 is 0 Å². The van der Waals surface area contributed by atoms with Crippen molar-refractivity contribution in [3.8, 4) is 44.5 Å². The third kappa shape index (κ3) is 6.95. The summed E-state index contributed by atoms with van der Waals surface area (Å²) in [5.41, 5.74) is -2.29. The first-order chi connectivity index (χ1) is 28.7. The number of fused-ring (bicyclic) bond motifs is 8. The number of nitrogens with one attached hydrogen (secondary N) is 2. The number of benzene rings is 2. The average molecular weight is 917 g/mol. The second kappa shape index (κ2) is 16.4. The molecule has 0 unspecified atom stereocenters. The molecule has 5 aromatic heterocycles. The van der Waals surface area contributed by atoms with Gasteiger partial charge in [0.25, 0.3) is 0 Å². The van der Waals surface area contributed by atoms with Gasteiger partial charge < -0.3 is 22.4 Å². The van der Waals surface area contributed by atoms with Gasteiger partial charge in [-0.25, -0.2) is 63.0 Å². The summed E-state index contributed by atoms with van der Waals surface area (Å²) in [5.74, 6) is -21.8. The van der Waals surface area contributed by atoms with Gasteiger partial charge in [-0.2, -0.15) is 0 Å². The van der Waals surface area contributed by atoms with Gasteiger partial charge in [-0.05, 0) is 59.7 Å². The molecule has 0 spiro atoms. The largest absolute Gasteiger partial charge is 3.00 e. The molecule has 0 saturated heterocycles. The van der Waals surface area contributed by atoms with Crippen molar-refractivity contribution in [2.45, 2.75) is 0 Å². The summed E-state index contributed by atoms with van der Waals surface area (Å²) in [6, 6.07) is 12.2. The van der Waals surface area contributed by atoms with Crippen LogP contribution in [0.3, 0.4) is 0 Å². The monoisotopic (exact) mass is 916 g/mol. The number of aryl methyl sites for hydroxylation is 2. The number of hydrogen-bond donors (Lipinski definition) is 2. The van der Waals surface area contributed by atoms with Crippen molar-refractivity contribution >= 4 is 46.4 Å². The first kappa shape index (κ1) is 43.5. The van der Waals surface area contributed by atoms with Crippen LogP contribution in [0.15, 0.2) is 73.3 Å². The van der Waals surface area contributed by atoms with Gasteiger partial charge in [0.05, 0.1) is 33.9 Å². The number of halogens is 11. The van der Waals surface area contributed by atoms with Crippen molar-refractivity contribution < 1.29 is 82.5 Å². The van der Waals surface area contributed by atoms with Crippen LogP contribution in [0.25, 0.3) is 90.9 Å². The molecule has 0 radical (unpaired) electrons. The van der Waals surface area contributed by atoms with Crippen molar-refractivity contribution in [2.24, 2.45) is 14.1 Å². The van der Waals surface area contributed by atoms with Crippen LogP contribution in [0.2, 0.25) is 0 Å². The Morgan fingerprint density at radius 1 is 0.355 bits per heavy atom.